The highest BCUT2D eigenvalue weighted by Gasteiger charge is 2.61. The first kappa shape index (κ1) is 28.9. The van der Waals surface area contributed by atoms with E-state index in [0.717, 1.165) is 4.57 Å². The van der Waals surface area contributed by atoms with Crippen LogP contribution in [0.25, 0.3) is 0 Å². The van der Waals surface area contributed by atoms with Gasteiger partial charge in [0.15, 0.2) is 11.3 Å². The molecule has 0 aromatic carbocycles. The van der Waals surface area contributed by atoms with E-state index in [-0.39, 0.29) is 39.0 Å². The number of nitro groups is 1. The van der Waals surface area contributed by atoms with Crippen LogP contribution in [0.15, 0.2) is 15.8 Å². The number of aryl methyl sites for hydroxylation is 1. The number of hydrogen-bond acceptors (Lipinski definition) is 9. The number of hydrogen-bond donors (Lipinski definition) is 1. The number of nitrogens with zero attached hydrogens (tertiary/aromatic N) is 3. The summed E-state index contributed by atoms with van der Waals surface area (Å²) in [4.78, 5) is 36.5. The molecular weight excluding hydrogens is 506 g/mol. The predicted molar refractivity (Wildman–Crippen MR) is 136 cm³/mol. The molecule has 2 aliphatic rings. The van der Waals surface area contributed by atoms with Crippen molar-refractivity contribution in [3.05, 3.63) is 42.7 Å². The van der Waals surface area contributed by atoms with Gasteiger partial charge in [-0.2, -0.15) is 0 Å². The van der Waals surface area contributed by atoms with Crippen LogP contribution >= 0.6 is 0 Å². The normalized spacial score (nSPS) is 27.9. The third-order valence-corrected chi connectivity index (χ3v) is 17.6. The summed E-state index contributed by atoms with van der Waals surface area (Å²) in [5, 5.41) is 21.7. The first-order valence-corrected chi connectivity index (χ1v) is 16.4. The summed E-state index contributed by atoms with van der Waals surface area (Å²) in [5.74, 6) is 0. The summed E-state index contributed by atoms with van der Waals surface area (Å²) in [5.41, 5.74) is -2.05. The highest BCUT2D eigenvalue weighted by Crippen LogP contribution is 2.48. The lowest BCUT2D eigenvalue weighted by Gasteiger charge is -2.51. The fourth-order valence-electron chi connectivity index (χ4n) is 5.38. The molecule has 0 amide bonds. The Balaban J connectivity index is 2.15. The third-order valence-electron chi connectivity index (χ3n) is 7.34. The Hall–Kier alpha value is -1.69. The van der Waals surface area contributed by atoms with Gasteiger partial charge in [-0.25, -0.2) is 14.9 Å². The molecule has 1 aromatic heterocycles. The molecule has 0 saturated carbocycles. The average Bonchev–Trinajstić information content (AvgIpc) is 3.04. The van der Waals surface area contributed by atoms with E-state index in [1.165, 1.54) is 13.1 Å². The van der Waals surface area contributed by atoms with E-state index in [4.69, 9.17) is 17.7 Å². The van der Waals surface area contributed by atoms with Crippen molar-refractivity contribution in [1.82, 2.24) is 9.24 Å². The van der Waals surface area contributed by atoms with E-state index >= 15 is 0 Å². The molecule has 0 bridgehead atoms. The van der Waals surface area contributed by atoms with Crippen molar-refractivity contribution in [1.29, 1.82) is 0 Å². The van der Waals surface area contributed by atoms with Gasteiger partial charge in [0.2, 0.25) is 0 Å². The Labute approximate surface area is 212 Å². The lowest BCUT2D eigenvalue weighted by atomic mass is 10.1. The van der Waals surface area contributed by atoms with Crippen LogP contribution in [0.4, 0.5) is 0 Å². The lowest BCUT2D eigenvalue weighted by Crippen LogP contribution is -2.65. The fraction of sp³-hybridized carbons (Fsp3) is 0.818. The van der Waals surface area contributed by atoms with Gasteiger partial charge in [-0.1, -0.05) is 55.4 Å². The average molecular weight is 546 g/mol. The molecule has 2 saturated heterocycles. The second-order valence-corrected chi connectivity index (χ2v) is 19.8. The maximum absolute atomic E-state index is 12.9. The zero-order valence-electron chi connectivity index (χ0n) is 22.5. The van der Waals surface area contributed by atoms with Crippen LogP contribution in [0.2, 0.25) is 22.2 Å². The lowest BCUT2D eigenvalue weighted by molar-refractivity contribution is -0.549. The molecule has 36 heavy (non-hydrogen) atoms. The fourth-order valence-corrected chi connectivity index (χ4v) is 16.6. The van der Waals surface area contributed by atoms with Gasteiger partial charge in [0.05, 0.1) is 6.61 Å². The molecule has 0 aliphatic carbocycles. The monoisotopic (exact) mass is 545 g/mol. The van der Waals surface area contributed by atoms with Crippen molar-refractivity contribution in [3.8, 4) is 0 Å². The second-order valence-electron chi connectivity index (χ2n) is 11.0. The summed E-state index contributed by atoms with van der Waals surface area (Å²) < 4.78 is 27.4. The molecule has 1 aromatic rings. The van der Waals surface area contributed by atoms with Crippen LogP contribution in [0.1, 0.15) is 67.2 Å². The first-order valence-electron chi connectivity index (χ1n) is 12.5. The zero-order valence-corrected chi connectivity index (χ0v) is 24.5. The van der Waals surface area contributed by atoms with E-state index in [9.17, 15) is 24.8 Å². The molecule has 2 fully saturated rings. The van der Waals surface area contributed by atoms with Gasteiger partial charge in [-0.05, 0) is 29.1 Å². The summed E-state index contributed by atoms with van der Waals surface area (Å²) in [6, 6.07) is 0. The number of aromatic nitrogens is 2. The van der Waals surface area contributed by atoms with Crippen LogP contribution in [-0.4, -0.2) is 61.4 Å². The number of ether oxygens (including phenoxy) is 1. The van der Waals surface area contributed by atoms with Gasteiger partial charge in [0, 0.05) is 16.4 Å². The van der Waals surface area contributed by atoms with E-state index in [0.29, 0.717) is 0 Å². The van der Waals surface area contributed by atoms with Gasteiger partial charge in [-0.15, -0.1) is 0 Å². The highest BCUT2D eigenvalue weighted by molar-refractivity contribution is 6.83. The Morgan fingerprint density at radius 2 is 1.56 bits per heavy atom. The van der Waals surface area contributed by atoms with E-state index in [1.807, 2.05) is 27.7 Å². The molecule has 4 atom stereocenters. The van der Waals surface area contributed by atoms with Crippen LogP contribution in [0.3, 0.4) is 0 Å². The van der Waals surface area contributed by atoms with Gasteiger partial charge in [0.1, 0.15) is 18.3 Å². The van der Waals surface area contributed by atoms with Gasteiger partial charge >= 0.3 is 28.4 Å². The molecule has 0 radical (unpaired) electrons. The number of rotatable bonds is 6. The van der Waals surface area contributed by atoms with Gasteiger partial charge < -0.3 is 22.8 Å². The largest absolute Gasteiger partial charge is 0.414 e. The minimum atomic E-state index is -3.06. The SMILES string of the molecule is Cc1cn([C@@H]2O[C@@H]3CO[Si](C(C)C)(C(C)C)O[Si](C(C)C)(C(C)C)O[C@H]3[C@H]2O)c(=O)n([N+](=O)[O-])c1=O. The Bertz CT molecular complexity index is 1090. The summed E-state index contributed by atoms with van der Waals surface area (Å²) in [7, 11) is -5.90. The molecule has 204 valence electrons. The molecular formula is C22H39N3O9Si2. The van der Waals surface area contributed by atoms with Crippen molar-refractivity contribution in [2.24, 2.45) is 0 Å². The quantitative estimate of drug-likeness (QED) is 0.324. The molecule has 12 nitrogen and oxygen atoms in total. The van der Waals surface area contributed by atoms with Crippen LogP contribution in [0, 0.1) is 17.0 Å². The minimum absolute atomic E-state index is 0.0110. The van der Waals surface area contributed by atoms with E-state index < -0.39 is 57.9 Å². The zero-order chi connectivity index (χ0) is 27.3. The maximum atomic E-state index is 12.9. The van der Waals surface area contributed by atoms with Crippen molar-refractivity contribution in [2.45, 2.75) is 109 Å². The molecule has 2 aliphatic heterocycles. The standard InChI is InChI=1S/C22H39N3O9Si2/c1-12(2)35(13(3)4)31-11-17-19(33-36(34-35,14(5)6)15(7)8)18(26)21(32-17)23-10-16(9)20(27)24(22(23)28)25(29)30/h10,12-15,17-19,21,26H,11H2,1-9H3/t17-,18-,19-,21-/m1/s1. The molecule has 3 heterocycles. The molecule has 1 N–H and O–H groups in total. The van der Waals surface area contributed by atoms with Crippen LogP contribution in [0.5, 0.6) is 0 Å². The molecule has 14 heteroatoms. The van der Waals surface area contributed by atoms with Crippen molar-refractivity contribution >= 4 is 17.1 Å². The highest BCUT2D eigenvalue weighted by atomic mass is 28.5. The van der Waals surface area contributed by atoms with E-state index in [1.54, 1.807) is 0 Å². The summed E-state index contributed by atoms with van der Waals surface area (Å²) in [6.07, 6.45) is -3.12. The molecule has 3 rings (SSSR count). The summed E-state index contributed by atoms with van der Waals surface area (Å²) >= 11 is 0. The van der Waals surface area contributed by atoms with Crippen molar-refractivity contribution in [3.63, 3.8) is 0 Å². The number of aliphatic hydroxyl groups excluding tert-OH is 1. The van der Waals surface area contributed by atoms with Gasteiger partial charge in [0.25, 0.3) is 0 Å². The second kappa shape index (κ2) is 10.2. The van der Waals surface area contributed by atoms with Gasteiger partial charge in [-0.3, -0.25) is 9.36 Å². The van der Waals surface area contributed by atoms with Crippen molar-refractivity contribution in [2.75, 3.05) is 6.61 Å². The van der Waals surface area contributed by atoms with Crippen LogP contribution < -0.4 is 11.2 Å². The maximum Gasteiger partial charge on any atom is 0.394 e. The van der Waals surface area contributed by atoms with Crippen molar-refractivity contribution < 1.29 is 27.8 Å². The smallest absolute Gasteiger partial charge is 0.394 e. The summed E-state index contributed by atoms with van der Waals surface area (Å²) in [6.45, 7) is 17.9. The third kappa shape index (κ3) is 4.56. The van der Waals surface area contributed by atoms with E-state index in [2.05, 4.69) is 27.7 Å². The molecule has 0 spiro atoms. The Morgan fingerprint density at radius 3 is 2.03 bits per heavy atom. The number of fused-ring (bicyclic) bond motifs is 1. The molecule has 0 unspecified atom stereocenters. The Kier molecular flexibility index (Phi) is 8.21. The first-order chi connectivity index (χ1) is 16.6. The Morgan fingerprint density at radius 1 is 1.03 bits per heavy atom. The predicted octanol–water partition coefficient (Wildman–Crippen LogP) is 2.57. The minimum Gasteiger partial charge on any atom is -0.414 e. The topological polar surface area (TPSA) is 144 Å². The van der Waals surface area contributed by atoms with Crippen LogP contribution in [-0.2, 0) is 17.7 Å². The number of aliphatic hydroxyl groups is 1.